The van der Waals surface area contributed by atoms with Crippen LogP contribution in [0.2, 0.25) is 0 Å². The van der Waals surface area contributed by atoms with E-state index in [1.165, 1.54) is 6.33 Å². The van der Waals surface area contributed by atoms with Gasteiger partial charge >= 0.3 is 5.65 Å². The van der Waals surface area contributed by atoms with Gasteiger partial charge in [0.25, 0.3) is 11.5 Å². The van der Waals surface area contributed by atoms with Crippen LogP contribution in [0.15, 0.2) is 11.1 Å². The van der Waals surface area contributed by atoms with Gasteiger partial charge in [0.15, 0.2) is 12.6 Å². The van der Waals surface area contributed by atoms with Gasteiger partial charge in [0.2, 0.25) is 5.52 Å². The second kappa shape index (κ2) is 4.30. The number of anilines is 1. The van der Waals surface area contributed by atoms with Crippen LogP contribution in [-0.4, -0.2) is 44.0 Å². The summed E-state index contributed by atoms with van der Waals surface area (Å²) in [7, 11) is 0. The van der Waals surface area contributed by atoms with Crippen molar-refractivity contribution in [1.29, 1.82) is 0 Å². The average Bonchev–Trinajstić information content (AvgIpc) is 2.92. The van der Waals surface area contributed by atoms with Gasteiger partial charge < -0.3 is 20.7 Å². The largest absolute Gasteiger partial charge is 0.394 e. The number of ether oxygens (including phenoxy) is 1. The van der Waals surface area contributed by atoms with Crippen molar-refractivity contribution in [2.75, 3.05) is 12.3 Å². The molecule has 1 aliphatic rings. The highest BCUT2D eigenvalue weighted by atomic mass is 16.5. The van der Waals surface area contributed by atoms with Crippen LogP contribution >= 0.6 is 0 Å². The summed E-state index contributed by atoms with van der Waals surface area (Å²) >= 11 is 0. The topological polar surface area (TPSA) is 141 Å². The molecule has 9 heteroatoms. The first kappa shape index (κ1) is 12.1. The molecule has 0 amide bonds. The van der Waals surface area contributed by atoms with Crippen LogP contribution in [0.4, 0.5) is 5.95 Å². The number of nitrogens with one attached hydrogen (secondary N) is 2. The molecule has 2 aromatic rings. The molecule has 9 nitrogen and oxygen atoms in total. The van der Waals surface area contributed by atoms with Crippen molar-refractivity contribution >= 4 is 17.1 Å². The molecule has 0 unspecified atom stereocenters. The quantitative estimate of drug-likeness (QED) is 0.390. The molecular weight excluding hydrogens is 254 g/mol. The molecule has 3 rings (SSSR count). The predicted octanol–water partition coefficient (Wildman–Crippen LogP) is -2.24. The first-order chi connectivity index (χ1) is 9.10. The van der Waals surface area contributed by atoms with Gasteiger partial charge in [0.1, 0.15) is 6.10 Å². The number of imidazole rings is 1. The summed E-state index contributed by atoms with van der Waals surface area (Å²) < 4.78 is 7.09. The number of aromatic nitrogens is 4. The van der Waals surface area contributed by atoms with Crippen molar-refractivity contribution in [2.45, 2.75) is 24.9 Å². The molecule has 0 saturated carbocycles. The fraction of sp³-hybridized carbons (Fsp3) is 0.500. The zero-order valence-corrected chi connectivity index (χ0v) is 9.91. The predicted molar refractivity (Wildman–Crippen MR) is 62.9 cm³/mol. The lowest BCUT2D eigenvalue weighted by atomic mass is 10.2. The molecule has 0 aliphatic carbocycles. The van der Waals surface area contributed by atoms with Crippen molar-refractivity contribution in [3.05, 3.63) is 16.7 Å². The summed E-state index contributed by atoms with van der Waals surface area (Å²) in [6, 6.07) is 0. The fourth-order valence-corrected chi connectivity index (χ4v) is 2.26. The van der Waals surface area contributed by atoms with Crippen molar-refractivity contribution in [3.8, 4) is 0 Å². The van der Waals surface area contributed by atoms with E-state index in [9.17, 15) is 9.90 Å². The Morgan fingerprint density at radius 1 is 1.63 bits per heavy atom. The standard InChI is InChI=1S/C10H13N5O4/c11-10-13-8-7(9(18)14-10)12-3-15(8)6-1-4(17)5(2-16)19-6/h3-6,16-17H,1-2H2,(H3,11,13,14,18)/p+1/t4-,5-,6+/m0/s1. The Bertz CT molecular complexity index is 665. The van der Waals surface area contributed by atoms with E-state index in [0.29, 0.717) is 12.1 Å². The maximum atomic E-state index is 11.7. The van der Waals surface area contributed by atoms with Gasteiger partial charge in [0.05, 0.1) is 12.7 Å². The van der Waals surface area contributed by atoms with Gasteiger partial charge in [-0.15, -0.1) is 0 Å². The molecule has 19 heavy (non-hydrogen) atoms. The highest BCUT2D eigenvalue weighted by Gasteiger charge is 2.38. The molecule has 0 spiro atoms. The van der Waals surface area contributed by atoms with Gasteiger partial charge in [-0.25, -0.2) is 4.57 Å². The molecular formula is C10H14N5O4+. The minimum absolute atomic E-state index is 0.00287. The van der Waals surface area contributed by atoms with E-state index in [0.717, 1.165) is 0 Å². The van der Waals surface area contributed by atoms with Crippen molar-refractivity contribution in [2.24, 2.45) is 0 Å². The number of hydrogen-bond donors (Lipinski definition) is 5. The number of nitrogens with two attached hydrogens (primary N) is 1. The van der Waals surface area contributed by atoms with Crippen LogP contribution in [-0.2, 0) is 4.74 Å². The molecule has 1 aliphatic heterocycles. The van der Waals surface area contributed by atoms with Gasteiger partial charge in [-0.3, -0.25) is 14.8 Å². The Labute approximate surface area is 106 Å². The fourth-order valence-electron chi connectivity index (χ4n) is 2.26. The number of fused-ring (bicyclic) bond motifs is 1. The van der Waals surface area contributed by atoms with Crippen LogP contribution in [0.25, 0.3) is 11.2 Å². The van der Waals surface area contributed by atoms with E-state index in [1.54, 1.807) is 4.57 Å². The summed E-state index contributed by atoms with van der Waals surface area (Å²) in [6.45, 7) is -0.267. The van der Waals surface area contributed by atoms with Crippen LogP contribution in [0.1, 0.15) is 12.6 Å². The Morgan fingerprint density at radius 3 is 3.11 bits per heavy atom. The van der Waals surface area contributed by atoms with Crippen molar-refractivity contribution in [3.63, 3.8) is 0 Å². The van der Waals surface area contributed by atoms with Crippen LogP contribution in [0.3, 0.4) is 0 Å². The summed E-state index contributed by atoms with van der Waals surface area (Å²) in [5, 5.41) is 18.8. The van der Waals surface area contributed by atoms with Crippen LogP contribution in [0, 0.1) is 0 Å². The summed E-state index contributed by atoms with van der Waals surface area (Å²) in [5.41, 5.74) is 5.75. The molecule has 3 atom stereocenters. The highest BCUT2D eigenvalue weighted by molar-refractivity contribution is 5.65. The van der Waals surface area contributed by atoms with E-state index < -0.39 is 18.4 Å². The minimum atomic E-state index is -0.758. The van der Waals surface area contributed by atoms with E-state index in [4.69, 9.17) is 15.6 Å². The third-order valence-electron chi connectivity index (χ3n) is 3.21. The number of H-pyrrole nitrogens is 2. The molecule has 6 N–H and O–H groups in total. The Kier molecular flexibility index (Phi) is 2.73. The molecule has 1 saturated heterocycles. The Hall–Kier alpha value is -1.97. The Balaban J connectivity index is 2.05. The second-order valence-corrected chi connectivity index (χ2v) is 4.45. The number of aliphatic hydroxyl groups is 2. The Morgan fingerprint density at radius 2 is 2.42 bits per heavy atom. The maximum absolute atomic E-state index is 11.7. The average molecular weight is 268 g/mol. The van der Waals surface area contributed by atoms with Gasteiger partial charge in [-0.1, -0.05) is 4.98 Å². The third-order valence-corrected chi connectivity index (χ3v) is 3.21. The molecule has 102 valence electrons. The number of hydrogen-bond acceptors (Lipinski definition) is 6. The smallest absolute Gasteiger partial charge is 0.313 e. The molecule has 1 fully saturated rings. The SMILES string of the molecule is Nc1nc2c([nH]c[n+]2[C@H]2C[C@H](O)[C@H](CO)O2)c(=O)[nH]1. The van der Waals surface area contributed by atoms with Crippen LogP contribution < -0.4 is 15.9 Å². The second-order valence-electron chi connectivity index (χ2n) is 4.45. The summed E-state index contributed by atoms with van der Waals surface area (Å²) in [6.07, 6.45) is -0.0658. The third kappa shape index (κ3) is 1.87. The van der Waals surface area contributed by atoms with E-state index in [1.807, 2.05) is 0 Å². The molecule has 3 heterocycles. The lowest BCUT2D eigenvalue weighted by Crippen LogP contribution is -2.39. The summed E-state index contributed by atoms with van der Waals surface area (Å²) in [5.74, 6) is 0.00287. The molecule has 0 radical (unpaired) electrons. The van der Waals surface area contributed by atoms with Crippen molar-refractivity contribution < 1.29 is 19.5 Å². The van der Waals surface area contributed by atoms with Crippen LogP contribution in [0.5, 0.6) is 0 Å². The number of rotatable bonds is 2. The lowest BCUT2D eigenvalue weighted by Gasteiger charge is -2.10. The van der Waals surface area contributed by atoms with Gasteiger partial charge in [0, 0.05) is 6.42 Å². The van der Waals surface area contributed by atoms with E-state index in [-0.39, 0.29) is 23.6 Å². The number of aliphatic hydroxyl groups excluding tert-OH is 2. The highest BCUT2D eigenvalue weighted by Crippen LogP contribution is 2.25. The summed E-state index contributed by atoms with van der Waals surface area (Å²) in [4.78, 5) is 20.9. The first-order valence-electron chi connectivity index (χ1n) is 5.82. The monoisotopic (exact) mass is 268 g/mol. The van der Waals surface area contributed by atoms with Gasteiger partial charge in [-0.2, -0.15) is 0 Å². The van der Waals surface area contributed by atoms with E-state index in [2.05, 4.69) is 15.0 Å². The number of nitrogens with zero attached hydrogens (tertiary/aromatic N) is 2. The maximum Gasteiger partial charge on any atom is 0.313 e. The molecule has 0 aromatic carbocycles. The lowest BCUT2D eigenvalue weighted by molar-refractivity contribution is -0.738. The zero-order chi connectivity index (χ0) is 13.6. The number of nitrogen functional groups attached to an aromatic ring is 1. The first-order valence-corrected chi connectivity index (χ1v) is 5.82. The minimum Gasteiger partial charge on any atom is -0.394 e. The van der Waals surface area contributed by atoms with E-state index >= 15 is 0 Å². The zero-order valence-electron chi connectivity index (χ0n) is 9.91. The normalized spacial score (nSPS) is 27.2. The van der Waals surface area contributed by atoms with Crippen molar-refractivity contribution in [1.82, 2.24) is 15.0 Å². The molecule has 2 aromatic heterocycles. The van der Waals surface area contributed by atoms with Gasteiger partial charge in [-0.05, 0) is 0 Å². The molecule has 0 bridgehead atoms. The number of aromatic amines is 2.